The van der Waals surface area contributed by atoms with Gasteiger partial charge in [0.15, 0.2) is 0 Å². The molecule has 2 aromatic rings. The van der Waals surface area contributed by atoms with Crippen molar-refractivity contribution in [3.05, 3.63) is 51.3 Å². The van der Waals surface area contributed by atoms with Crippen molar-refractivity contribution >= 4 is 41.3 Å². The summed E-state index contributed by atoms with van der Waals surface area (Å²) in [6, 6.07) is 4.55. The van der Waals surface area contributed by atoms with Crippen LogP contribution >= 0.6 is 11.8 Å². The summed E-state index contributed by atoms with van der Waals surface area (Å²) in [6.45, 7) is 1.54. The van der Waals surface area contributed by atoms with E-state index < -0.39 is 33.6 Å². The minimum absolute atomic E-state index is 0.0454. The predicted molar refractivity (Wildman–Crippen MR) is 121 cm³/mol. The Morgan fingerprint density at radius 3 is 2.22 bits per heavy atom. The lowest BCUT2D eigenvalue weighted by atomic mass is 9.96. The zero-order valence-electron chi connectivity index (χ0n) is 19.4. The first-order valence-corrected chi connectivity index (χ1v) is 11.5. The maximum absolute atomic E-state index is 13.2. The monoisotopic (exact) mass is 519 g/mol. The van der Waals surface area contributed by atoms with Crippen LogP contribution in [0, 0.1) is 10.1 Å². The number of benzene rings is 1. The van der Waals surface area contributed by atoms with E-state index in [1.54, 1.807) is 6.92 Å². The van der Waals surface area contributed by atoms with Crippen LogP contribution in [0.4, 0.5) is 5.69 Å². The Balaban J connectivity index is 1.56. The summed E-state index contributed by atoms with van der Waals surface area (Å²) >= 11 is 1.36. The van der Waals surface area contributed by atoms with Crippen molar-refractivity contribution in [2.45, 2.75) is 42.7 Å². The molecular formula is C21H21N5O9S. The molecule has 2 aliphatic heterocycles. The van der Waals surface area contributed by atoms with Gasteiger partial charge in [-0.2, -0.15) is 4.80 Å². The van der Waals surface area contributed by atoms with Crippen LogP contribution in [-0.4, -0.2) is 79.0 Å². The largest absolute Gasteiger partial charge is 0.464 e. The molecule has 2 saturated heterocycles. The number of carbonyl (C=O) groups excluding carboxylic acids is 4. The zero-order chi connectivity index (χ0) is 26.2. The van der Waals surface area contributed by atoms with Crippen molar-refractivity contribution in [1.82, 2.24) is 19.9 Å². The van der Waals surface area contributed by atoms with Gasteiger partial charge in [-0.3, -0.25) is 14.9 Å². The first kappa shape index (κ1) is 25.1. The maximum Gasteiger partial charge on any atom is 0.361 e. The lowest BCUT2D eigenvalue weighted by molar-refractivity contribution is -0.384. The van der Waals surface area contributed by atoms with E-state index in [1.165, 1.54) is 40.9 Å². The van der Waals surface area contributed by atoms with Crippen molar-refractivity contribution in [2.24, 2.45) is 0 Å². The van der Waals surface area contributed by atoms with E-state index in [9.17, 15) is 29.3 Å². The molecular weight excluding hydrogens is 498 g/mol. The van der Waals surface area contributed by atoms with Gasteiger partial charge in [0.1, 0.15) is 12.6 Å². The van der Waals surface area contributed by atoms with E-state index in [2.05, 4.69) is 19.7 Å². The average Bonchev–Trinajstić information content (AvgIpc) is 3.37. The summed E-state index contributed by atoms with van der Waals surface area (Å²) in [5.41, 5.74) is -0.240. The van der Waals surface area contributed by atoms with Crippen molar-refractivity contribution in [3.8, 4) is 0 Å². The third-order valence-corrected chi connectivity index (χ3v) is 7.39. The van der Waals surface area contributed by atoms with Gasteiger partial charge in [-0.15, -0.1) is 22.0 Å². The Kier molecular flexibility index (Phi) is 6.67. The minimum atomic E-state index is -0.999. The van der Waals surface area contributed by atoms with E-state index >= 15 is 0 Å². The lowest BCUT2D eigenvalue weighted by Gasteiger charge is -2.37. The van der Waals surface area contributed by atoms with Crippen molar-refractivity contribution < 1.29 is 38.3 Å². The second kappa shape index (κ2) is 9.56. The molecule has 4 rings (SSSR count). The lowest BCUT2D eigenvalue weighted by Crippen LogP contribution is -2.58. The fourth-order valence-corrected chi connectivity index (χ4v) is 5.81. The molecule has 0 spiro atoms. The topological polar surface area (TPSA) is 173 Å². The number of fused-ring (bicyclic) bond motifs is 1. The van der Waals surface area contributed by atoms with Gasteiger partial charge in [0.25, 0.3) is 5.69 Å². The first-order valence-electron chi connectivity index (χ1n) is 10.6. The summed E-state index contributed by atoms with van der Waals surface area (Å²) in [5.74, 6) is -2.66. The Hall–Kier alpha value is -4.01. The highest BCUT2D eigenvalue weighted by atomic mass is 32.2. The maximum atomic E-state index is 13.2. The van der Waals surface area contributed by atoms with Gasteiger partial charge < -0.3 is 19.1 Å². The number of nitro groups is 1. The number of β-lactam (4-membered cyclic amide) rings is 1. The van der Waals surface area contributed by atoms with Gasteiger partial charge in [-0.1, -0.05) is 0 Å². The van der Waals surface area contributed by atoms with E-state index in [0.29, 0.717) is 5.56 Å². The van der Waals surface area contributed by atoms with Gasteiger partial charge in [-0.25, -0.2) is 14.4 Å². The molecule has 15 heteroatoms. The minimum Gasteiger partial charge on any atom is -0.464 e. The average molecular weight is 519 g/mol. The summed E-state index contributed by atoms with van der Waals surface area (Å²) in [4.78, 5) is 62.5. The Labute approximate surface area is 208 Å². The number of esters is 3. The van der Waals surface area contributed by atoms with E-state index in [4.69, 9.17) is 4.74 Å². The number of carbonyl (C=O) groups is 4. The molecule has 0 radical (unpaired) electrons. The molecule has 3 heterocycles. The molecule has 1 aromatic heterocycles. The third kappa shape index (κ3) is 4.48. The quantitative estimate of drug-likeness (QED) is 0.159. The highest BCUT2D eigenvalue weighted by molar-refractivity contribution is 8.01. The Morgan fingerprint density at radius 2 is 1.72 bits per heavy atom. The normalized spacial score (nSPS) is 22.4. The number of hydrogen-bond acceptors (Lipinski definition) is 12. The second-order valence-electron chi connectivity index (χ2n) is 8.23. The van der Waals surface area contributed by atoms with Crippen molar-refractivity contribution in [3.63, 3.8) is 0 Å². The molecule has 0 aliphatic carbocycles. The fraction of sp³-hybridized carbons (Fsp3) is 0.429. The highest BCUT2D eigenvalue weighted by Gasteiger charge is 2.61. The Bertz CT molecular complexity index is 1210. The smallest absolute Gasteiger partial charge is 0.361 e. The van der Waals surface area contributed by atoms with Gasteiger partial charge >= 0.3 is 17.9 Å². The molecule has 0 N–H and O–H groups in total. The molecule has 3 atom stereocenters. The number of amides is 1. The van der Waals surface area contributed by atoms with Crippen LogP contribution in [0.15, 0.2) is 24.3 Å². The van der Waals surface area contributed by atoms with Crippen molar-refractivity contribution in [2.75, 3.05) is 14.2 Å². The number of rotatable bonds is 8. The number of ether oxygens (including phenoxy) is 3. The standard InChI is InChI=1S/C21H21N5O9S/c1-21(10-24-22-15(18(28)33-2)16(23-24)19(29)34-3)17(25-13(27)8-14(25)36-21)20(30)35-9-11-4-6-12(7-5-11)26(31)32/h4-7,14,17H,8-10H2,1-3H3/t14-,17-,21-/m0/s1. The van der Waals surface area contributed by atoms with Gasteiger partial charge in [-0.05, 0) is 24.6 Å². The third-order valence-electron chi connectivity index (χ3n) is 5.83. The van der Waals surface area contributed by atoms with Gasteiger partial charge in [0.05, 0.1) is 42.2 Å². The molecule has 36 heavy (non-hydrogen) atoms. The second-order valence-corrected chi connectivity index (χ2v) is 9.95. The fourth-order valence-electron chi connectivity index (χ4n) is 4.08. The van der Waals surface area contributed by atoms with Crippen LogP contribution in [0.1, 0.15) is 39.9 Å². The summed E-state index contributed by atoms with van der Waals surface area (Å²) in [6.07, 6.45) is 0.250. The molecule has 14 nitrogen and oxygen atoms in total. The summed E-state index contributed by atoms with van der Waals surface area (Å²) in [7, 11) is 2.26. The number of thioether (sulfide) groups is 1. The van der Waals surface area contributed by atoms with E-state index in [0.717, 1.165) is 19.0 Å². The van der Waals surface area contributed by atoms with Crippen LogP contribution in [0.5, 0.6) is 0 Å². The summed E-state index contributed by atoms with van der Waals surface area (Å²) in [5, 5.41) is 18.7. The number of hydrogen-bond donors (Lipinski definition) is 0. The highest BCUT2D eigenvalue weighted by Crippen LogP contribution is 2.52. The molecule has 2 aliphatic rings. The Morgan fingerprint density at radius 1 is 1.14 bits per heavy atom. The number of methoxy groups -OCH3 is 2. The molecule has 1 amide bonds. The van der Waals surface area contributed by atoms with Crippen LogP contribution in [0.3, 0.4) is 0 Å². The number of nitro benzene ring substituents is 1. The predicted octanol–water partition coefficient (Wildman–Crippen LogP) is 0.935. The first-order chi connectivity index (χ1) is 17.1. The van der Waals surface area contributed by atoms with Gasteiger partial charge in [0.2, 0.25) is 17.3 Å². The number of aromatic nitrogens is 3. The molecule has 2 fully saturated rings. The molecule has 1 aromatic carbocycles. The van der Waals surface area contributed by atoms with Crippen LogP contribution in [-0.2, 0) is 37.0 Å². The number of nitrogens with zero attached hydrogens (tertiary/aromatic N) is 5. The SMILES string of the molecule is COC(=O)c1nn(C[C@]2(C)S[C@H]3CC(=O)N3[C@H]2C(=O)OCc2ccc([N+](=O)[O-])cc2)nc1C(=O)OC. The van der Waals surface area contributed by atoms with Gasteiger partial charge in [0, 0.05) is 12.1 Å². The zero-order valence-corrected chi connectivity index (χ0v) is 20.2. The molecule has 0 bridgehead atoms. The summed E-state index contributed by atoms with van der Waals surface area (Å²) < 4.78 is 13.8. The van der Waals surface area contributed by atoms with Crippen LogP contribution in [0.25, 0.3) is 0 Å². The van der Waals surface area contributed by atoms with Crippen LogP contribution in [0.2, 0.25) is 0 Å². The van der Waals surface area contributed by atoms with E-state index in [-0.39, 0.29) is 47.9 Å². The van der Waals surface area contributed by atoms with Crippen LogP contribution < -0.4 is 0 Å². The molecule has 0 saturated carbocycles. The molecule has 190 valence electrons. The van der Waals surface area contributed by atoms with E-state index in [1.807, 2.05) is 0 Å². The van der Waals surface area contributed by atoms with Crippen molar-refractivity contribution in [1.29, 1.82) is 0 Å². The number of non-ortho nitro benzene ring substituents is 1. The molecule has 0 unspecified atom stereocenters.